The van der Waals surface area contributed by atoms with E-state index in [2.05, 4.69) is 21.2 Å². The first-order chi connectivity index (χ1) is 11.5. The van der Waals surface area contributed by atoms with Crippen molar-refractivity contribution >= 4 is 21.1 Å². The molecule has 0 unspecified atom stereocenters. The van der Waals surface area contributed by atoms with E-state index in [9.17, 15) is 12.8 Å². The van der Waals surface area contributed by atoms with Gasteiger partial charge >= 0.3 is 0 Å². The predicted molar refractivity (Wildman–Crippen MR) is 90.4 cm³/mol. The van der Waals surface area contributed by atoms with Gasteiger partial charge in [-0.3, -0.25) is 0 Å². The Bertz CT molecular complexity index is 950. The van der Waals surface area contributed by atoms with Crippen molar-refractivity contribution in [2.45, 2.75) is 31.3 Å². The van der Waals surface area contributed by atoms with Crippen LogP contribution in [0.1, 0.15) is 18.9 Å². The van der Waals surface area contributed by atoms with Crippen LogP contribution in [0.4, 0.5) is 4.39 Å². The molecule has 3 rings (SSSR count). The predicted octanol–water partition coefficient (Wildman–Crippen LogP) is 3.06. The molecule has 0 amide bonds. The van der Waals surface area contributed by atoms with E-state index in [4.69, 9.17) is 0 Å². The molecule has 1 N–H and O–H groups in total. The highest BCUT2D eigenvalue weighted by Crippen LogP contribution is 2.16. The summed E-state index contributed by atoms with van der Waals surface area (Å²) < 4.78 is 41.9. The Balaban J connectivity index is 1.76. The van der Waals surface area contributed by atoms with Crippen LogP contribution in [0.15, 0.2) is 53.7 Å². The molecule has 24 heavy (non-hydrogen) atoms. The normalized spacial score (nSPS) is 11.9. The maximum atomic E-state index is 12.9. The third kappa shape index (κ3) is 3.47. The van der Waals surface area contributed by atoms with Gasteiger partial charge in [0.25, 0.3) is 0 Å². The van der Waals surface area contributed by atoms with Gasteiger partial charge in [-0.15, -0.1) is 0 Å². The molecule has 0 aliphatic heterocycles. The molecule has 1 heterocycles. The van der Waals surface area contributed by atoms with Crippen molar-refractivity contribution in [3.63, 3.8) is 0 Å². The van der Waals surface area contributed by atoms with Gasteiger partial charge in [0, 0.05) is 13.1 Å². The lowest BCUT2D eigenvalue weighted by Gasteiger charge is -2.07. The molecule has 0 aliphatic carbocycles. The Hall–Kier alpha value is -2.25. The second kappa shape index (κ2) is 6.70. The monoisotopic (exact) mass is 347 g/mol. The van der Waals surface area contributed by atoms with Crippen LogP contribution in [0.5, 0.6) is 0 Å². The van der Waals surface area contributed by atoms with E-state index < -0.39 is 15.8 Å². The minimum Gasteiger partial charge on any atom is -0.331 e. The van der Waals surface area contributed by atoms with Gasteiger partial charge in [0.2, 0.25) is 10.0 Å². The van der Waals surface area contributed by atoms with Gasteiger partial charge in [-0.2, -0.15) is 0 Å². The fraction of sp³-hybridized carbons (Fsp3) is 0.235. The Morgan fingerprint density at radius 1 is 1.17 bits per heavy atom. The number of fused-ring (bicyclic) bond motifs is 1. The first kappa shape index (κ1) is 16.6. The average molecular weight is 347 g/mol. The van der Waals surface area contributed by atoms with Crippen molar-refractivity contribution in [1.29, 1.82) is 0 Å². The molecule has 2 aromatic carbocycles. The summed E-state index contributed by atoms with van der Waals surface area (Å²) in [4.78, 5) is 4.39. The van der Waals surface area contributed by atoms with E-state index in [1.165, 1.54) is 12.1 Å². The Kier molecular flexibility index (Phi) is 4.64. The van der Waals surface area contributed by atoms with Gasteiger partial charge < -0.3 is 4.57 Å². The maximum Gasteiger partial charge on any atom is 0.240 e. The fourth-order valence-corrected chi connectivity index (χ4v) is 3.53. The van der Waals surface area contributed by atoms with Gasteiger partial charge in [-0.25, -0.2) is 22.5 Å². The summed E-state index contributed by atoms with van der Waals surface area (Å²) in [6, 6.07) is 10.4. The van der Waals surface area contributed by atoms with E-state index in [0.29, 0.717) is 0 Å². The fourth-order valence-electron chi connectivity index (χ4n) is 2.51. The van der Waals surface area contributed by atoms with Crippen LogP contribution in [0.3, 0.4) is 0 Å². The minimum atomic E-state index is -3.67. The molecule has 5 nitrogen and oxygen atoms in total. The highest BCUT2D eigenvalue weighted by atomic mass is 32.2. The van der Waals surface area contributed by atoms with Crippen LogP contribution in [-0.4, -0.2) is 18.0 Å². The van der Waals surface area contributed by atoms with E-state index in [0.717, 1.165) is 41.7 Å². The van der Waals surface area contributed by atoms with E-state index in [1.807, 2.05) is 18.2 Å². The van der Waals surface area contributed by atoms with Crippen LogP contribution in [0.25, 0.3) is 11.0 Å². The van der Waals surface area contributed by atoms with Crippen molar-refractivity contribution in [3.8, 4) is 0 Å². The number of halogens is 1. The van der Waals surface area contributed by atoms with E-state index >= 15 is 0 Å². The topological polar surface area (TPSA) is 64.0 Å². The van der Waals surface area contributed by atoms with Gasteiger partial charge in [0.1, 0.15) is 5.82 Å². The zero-order valence-corrected chi connectivity index (χ0v) is 14.1. The maximum absolute atomic E-state index is 12.9. The second-order valence-corrected chi connectivity index (χ2v) is 7.31. The van der Waals surface area contributed by atoms with Gasteiger partial charge in [-0.1, -0.05) is 13.0 Å². The lowest BCUT2D eigenvalue weighted by atomic mass is 10.2. The largest absolute Gasteiger partial charge is 0.331 e. The number of nitrogens with one attached hydrogen (secondary N) is 1. The number of sulfonamides is 1. The zero-order chi connectivity index (χ0) is 17.2. The zero-order valence-electron chi connectivity index (χ0n) is 13.2. The standard InChI is InChI=1S/C17H18FN3O2S/c1-2-9-21-12-19-16-10-13(3-8-17(16)21)11-20-24(22,23)15-6-4-14(18)5-7-15/h3-8,10,12,20H,2,9,11H2,1H3. The molecule has 0 atom stereocenters. The van der Waals surface area contributed by atoms with Crippen molar-refractivity contribution in [3.05, 3.63) is 60.2 Å². The molecular weight excluding hydrogens is 329 g/mol. The first-order valence-corrected chi connectivity index (χ1v) is 9.17. The molecule has 126 valence electrons. The van der Waals surface area contributed by atoms with E-state index in [-0.39, 0.29) is 11.4 Å². The molecule has 0 radical (unpaired) electrons. The molecule has 0 saturated carbocycles. The summed E-state index contributed by atoms with van der Waals surface area (Å²) in [5.41, 5.74) is 2.68. The molecule has 3 aromatic rings. The van der Waals surface area contributed by atoms with Gasteiger partial charge in [0.15, 0.2) is 0 Å². The van der Waals surface area contributed by atoms with Crippen LogP contribution in [0.2, 0.25) is 0 Å². The number of nitrogens with zero attached hydrogens (tertiary/aromatic N) is 2. The summed E-state index contributed by atoms with van der Waals surface area (Å²) in [7, 11) is -3.67. The highest BCUT2D eigenvalue weighted by molar-refractivity contribution is 7.89. The molecule has 7 heteroatoms. The Morgan fingerprint density at radius 2 is 1.92 bits per heavy atom. The summed E-state index contributed by atoms with van der Waals surface area (Å²) in [5, 5.41) is 0. The van der Waals surface area contributed by atoms with Crippen molar-refractivity contribution in [2.24, 2.45) is 0 Å². The number of hydrogen-bond acceptors (Lipinski definition) is 3. The number of hydrogen-bond donors (Lipinski definition) is 1. The molecule has 0 saturated heterocycles. The summed E-state index contributed by atoms with van der Waals surface area (Å²) in [6.45, 7) is 3.15. The van der Waals surface area contributed by atoms with Crippen LogP contribution >= 0.6 is 0 Å². The molecule has 0 spiro atoms. The smallest absolute Gasteiger partial charge is 0.240 e. The number of aromatic nitrogens is 2. The van der Waals surface area contributed by atoms with Gasteiger partial charge in [0.05, 0.1) is 22.3 Å². The number of aryl methyl sites for hydroxylation is 1. The molecule has 0 fully saturated rings. The second-order valence-electron chi connectivity index (χ2n) is 5.54. The number of benzene rings is 2. The third-order valence-corrected chi connectivity index (χ3v) is 5.16. The summed E-state index contributed by atoms with van der Waals surface area (Å²) in [5.74, 6) is -0.470. The summed E-state index contributed by atoms with van der Waals surface area (Å²) in [6.07, 6.45) is 2.81. The van der Waals surface area contributed by atoms with Crippen LogP contribution < -0.4 is 4.72 Å². The first-order valence-electron chi connectivity index (χ1n) is 7.68. The third-order valence-electron chi connectivity index (χ3n) is 3.74. The SMILES string of the molecule is CCCn1cnc2cc(CNS(=O)(=O)c3ccc(F)cc3)ccc21. The lowest BCUT2D eigenvalue weighted by Crippen LogP contribution is -2.23. The van der Waals surface area contributed by atoms with Crippen molar-refractivity contribution in [2.75, 3.05) is 0 Å². The summed E-state index contributed by atoms with van der Waals surface area (Å²) >= 11 is 0. The average Bonchev–Trinajstić information content (AvgIpc) is 2.96. The van der Waals surface area contributed by atoms with Crippen molar-refractivity contribution < 1.29 is 12.8 Å². The number of imidazole rings is 1. The number of rotatable bonds is 6. The Labute approximate surface area is 140 Å². The van der Waals surface area contributed by atoms with Crippen molar-refractivity contribution in [1.82, 2.24) is 14.3 Å². The van der Waals surface area contributed by atoms with E-state index in [1.54, 1.807) is 6.33 Å². The quantitative estimate of drug-likeness (QED) is 0.745. The lowest BCUT2D eigenvalue weighted by molar-refractivity contribution is 0.580. The van der Waals surface area contributed by atoms with Crippen LogP contribution in [0, 0.1) is 5.82 Å². The van der Waals surface area contributed by atoms with Gasteiger partial charge in [-0.05, 0) is 48.4 Å². The minimum absolute atomic E-state index is 0.0391. The molecule has 0 aliphatic rings. The molecule has 1 aromatic heterocycles. The molecular formula is C17H18FN3O2S. The molecule has 0 bridgehead atoms. The Morgan fingerprint density at radius 3 is 2.62 bits per heavy atom. The highest BCUT2D eigenvalue weighted by Gasteiger charge is 2.14. The van der Waals surface area contributed by atoms with Crippen LogP contribution in [-0.2, 0) is 23.1 Å².